The molecule has 7 heteroatoms. The summed E-state index contributed by atoms with van der Waals surface area (Å²) in [5, 5.41) is 9.45. The number of amides is 1. The molecule has 0 unspecified atom stereocenters. The van der Waals surface area contributed by atoms with Crippen LogP contribution in [0.4, 0.5) is 5.69 Å². The van der Waals surface area contributed by atoms with Gasteiger partial charge in [0.1, 0.15) is 5.75 Å². The van der Waals surface area contributed by atoms with E-state index in [9.17, 15) is 9.59 Å². The quantitative estimate of drug-likeness (QED) is 0.805. The first-order valence-electron chi connectivity index (χ1n) is 6.96. The van der Waals surface area contributed by atoms with Crippen LogP contribution in [0, 0.1) is 0 Å². The van der Waals surface area contributed by atoms with Crippen molar-refractivity contribution in [2.75, 3.05) is 19.1 Å². The molecule has 2 aromatic carbocycles. The monoisotopic (exact) mass is 411 g/mol. The Morgan fingerprint density at radius 2 is 1.96 bits per heavy atom. The maximum Gasteiger partial charge on any atom is 0.307 e. The van der Waals surface area contributed by atoms with Gasteiger partial charge in [-0.15, -0.1) is 0 Å². The maximum absolute atomic E-state index is 13.0. The highest BCUT2D eigenvalue weighted by Crippen LogP contribution is 2.32. The molecular formula is C17H15BrClNO4. The molecule has 0 radical (unpaired) electrons. The number of carboxylic acid groups (broad SMARTS) is 1. The minimum Gasteiger partial charge on any atom is -0.495 e. The topological polar surface area (TPSA) is 66.8 Å². The predicted molar refractivity (Wildman–Crippen MR) is 96.2 cm³/mol. The van der Waals surface area contributed by atoms with Crippen molar-refractivity contribution in [1.29, 1.82) is 0 Å². The summed E-state index contributed by atoms with van der Waals surface area (Å²) in [5.74, 6) is -0.865. The van der Waals surface area contributed by atoms with Crippen molar-refractivity contribution in [2.24, 2.45) is 0 Å². The second kappa shape index (κ2) is 7.68. The Labute approximate surface area is 152 Å². The summed E-state index contributed by atoms with van der Waals surface area (Å²) in [5.41, 5.74) is 1.18. The third kappa shape index (κ3) is 3.88. The van der Waals surface area contributed by atoms with Crippen LogP contribution in [0.25, 0.3) is 0 Å². The minimum atomic E-state index is -1.04. The van der Waals surface area contributed by atoms with E-state index >= 15 is 0 Å². The molecule has 0 atom stereocenters. The number of anilines is 1. The van der Waals surface area contributed by atoms with Gasteiger partial charge >= 0.3 is 5.97 Å². The largest absolute Gasteiger partial charge is 0.495 e. The SMILES string of the molecule is COc1ccccc1N(C)C(=O)c1c(Br)cc(Cl)cc1CC(=O)O. The normalized spacial score (nSPS) is 10.3. The second-order valence-corrected chi connectivity index (χ2v) is 6.32. The Bertz CT molecular complexity index is 794. The van der Waals surface area contributed by atoms with Crippen LogP contribution in [0.15, 0.2) is 40.9 Å². The Morgan fingerprint density at radius 1 is 1.29 bits per heavy atom. The summed E-state index contributed by atoms with van der Waals surface area (Å²) < 4.78 is 5.72. The van der Waals surface area contributed by atoms with E-state index < -0.39 is 5.97 Å². The first-order valence-corrected chi connectivity index (χ1v) is 8.13. The van der Waals surface area contributed by atoms with Crippen molar-refractivity contribution in [1.82, 2.24) is 0 Å². The van der Waals surface area contributed by atoms with Gasteiger partial charge in [-0.25, -0.2) is 0 Å². The Balaban J connectivity index is 2.51. The number of nitrogens with zero attached hydrogens (tertiary/aromatic N) is 1. The van der Waals surface area contributed by atoms with E-state index in [0.717, 1.165) is 0 Å². The fourth-order valence-corrected chi connectivity index (χ4v) is 3.40. The van der Waals surface area contributed by atoms with E-state index in [1.807, 2.05) is 0 Å². The van der Waals surface area contributed by atoms with Crippen molar-refractivity contribution in [3.63, 3.8) is 0 Å². The molecule has 0 heterocycles. The lowest BCUT2D eigenvalue weighted by Crippen LogP contribution is -2.28. The van der Waals surface area contributed by atoms with E-state index in [1.54, 1.807) is 37.4 Å². The summed E-state index contributed by atoms with van der Waals surface area (Å²) in [4.78, 5) is 25.5. The van der Waals surface area contributed by atoms with Gasteiger partial charge < -0.3 is 14.7 Å². The van der Waals surface area contributed by atoms with Gasteiger partial charge in [0, 0.05) is 16.5 Å². The molecule has 0 bridgehead atoms. The summed E-state index contributed by atoms with van der Waals surface area (Å²) >= 11 is 9.30. The maximum atomic E-state index is 13.0. The van der Waals surface area contributed by atoms with Gasteiger partial charge in [-0.3, -0.25) is 9.59 Å². The molecule has 0 saturated carbocycles. The van der Waals surface area contributed by atoms with Gasteiger partial charge in [0.15, 0.2) is 0 Å². The number of carbonyl (C=O) groups excluding carboxylic acids is 1. The molecule has 24 heavy (non-hydrogen) atoms. The minimum absolute atomic E-state index is 0.259. The molecule has 0 aliphatic carbocycles. The fourth-order valence-electron chi connectivity index (χ4n) is 2.35. The van der Waals surface area contributed by atoms with Crippen LogP contribution in [-0.4, -0.2) is 31.1 Å². The second-order valence-electron chi connectivity index (χ2n) is 5.03. The third-order valence-electron chi connectivity index (χ3n) is 3.44. The molecule has 0 aliphatic heterocycles. The van der Waals surface area contributed by atoms with E-state index in [1.165, 1.54) is 18.1 Å². The number of benzene rings is 2. The summed E-state index contributed by atoms with van der Waals surface area (Å²) in [6.07, 6.45) is -0.306. The molecule has 0 aliphatic rings. The Hall–Kier alpha value is -2.05. The predicted octanol–water partition coefficient (Wildman–Crippen LogP) is 4.01. The van der Waals surface area contributed by atoms with E-state index in [4.69, 9.17) is 21.4 Å². The zero-order chi connectivity index (χ0) is 17.9. The van der Waals surface area contributed by atoms with Crippen molar-refractivity contribution >= 4 is 45.1 Å². The van der Waals surface area contributed by atoms with Gasteiger partial charge in [0.25, 0.3) is 5.91 Å². The number of carbonyl (C=O) groups is 2. The standard InChI is InChI=1S/C17H15BrClNO4/c1-20(13-5-3-4-6-14(13)24-2)17(23)16-10(8-15(21)22)7-11(19)9-12(16)18/h3-7,9H,8H2,1-2H3,(H,21,22). The average molecular weight is 413 g/mol. The molecule has 0 aromatic heterocycles. The lowest BCUT2D eigenvalue weighted by molar-refractivity contribution is -0.136. The van der Waals surface area contributed by atoms with Crippen LogP contribution in [0.1, 0.15) is 15.9 Å². The number of rotatable bonds is 5. The van der Waals surface area contributed by atoms with E-state index in [0.29, 0.717) is 26.5 Å². The van der Waals surface area contributed by atoms with Crippen LogP contribution in [0.3, 0.4) is 0 Å². The van der Waals surface area contributed by atoms with E-state index in [-0.39, 0.29) is 17.9 Å². The van der Waals surface area contributed by atoms with Gasteiger partial charge in [0.05, 0.1) is 24.8 Å². The van der Waals surface area contributed by atoms with Gasteiger partial charge in [-0.2, -0.15) is 0 Å². The molecule has 126 valence electrons. The van der Waals surface area contributed by atoms with Crippen LogP contribution in [0.5, 0.6) is 5.75 Å². The molecule has 1 amide bonds. The highest BCUT2D eigenvalue weighted by atomic mass is 79.9. The van der Waals surface area contributed by atoms with Crippen molar-refractivity contribution in [3.05, 3.63) is 57.0 Å². The molecule has 2 rings (SSSR count). The van der Waals surface area contributed by atoms with Gasteiger partial charge in [0.2, 0.25) is 0 Å². The molecule has 5 nitrogen and oxygen atoms in total. The van der Waals surface area contributed by atoms with Gasteiger partial charge in [-0.1, -0.05) is 23.7 Å². The number of carboxylic acids is 1. The van der Waals surface area contributed by atoms with Crippen molar-refractivity contribution < 1.29 is 19.4 Å². The zero-order valence-corrected chi connectivity index (χ0v) is 15.4. The lowest BCUT2D eigenvalue weighted by Gasteiger charge is -2.22. The smallest absolute Gasteiger partial charge is 0.307 e. The zero-order valence-electron chi connectivity index (χ0n) is 13.0. The first-order chi connectivity index (χ1) is 11.3. The highest BCUT2D eigenvalue weighted by molar-refractivity contribution is 9.10. The molecular weight excluding hydrogens is 398 g/mol. The van der Waals surface area contributed by atoms with Crippen molar-refractivity contribution in [2.45, 2.75) is 6.42 Å². The fraction of sp³-hybridized carbons (Fsp3) is 0.176. The number of hydrogen-bond acceptors (Lipinski definition) is 3. The van der Waals surface area contributed by atoms with E-state index in [2.05, 4.69) is 15.9 Å². The van der Waals surface area contributed by atoms with Crippen LogP contribution >= 0.6 is 27.5 Å². The molecule has 1 N–H and O–H groups in total. The van der Waals surface area contributed by atoms with Crippen LogP contribution in [0.2, 0.25) is 5.02 Å². The molecule has 0 spiro atoms. The number of halogens is 2. The molecule has 0 saturated heterocycles. The Kier molecular flexibility index (Phi) is 5.85. The van der Waals surface area contributed by atoms with Crippen LogP contribution in [-0.2, 0) is 11.2 Å². The number of para-hydroxylation sites is 2. The first kappa shape index (κ1) is 18.3. The summed E-state index contributed by atoms with van der Waals surface area (Å²) in [6.45, 7) is 0. The average Bonchev–Trinajstić information content (AvgIpc) is 2.52. The van der Waals surface area contributed by atoms with Gasteiger partial charge in [-0.05, 0) is 45.8 Å². The molecule has 0 fully saturated rings. The Morgan fingerprint density at radius 3 is 2.58 bits per heavy atom. The van der Waals surface area contributed by atoms with Crippen LogP contribution < -0.4 is 9.64 Å². The summed E-state index contributed by atoms with van der Waals surface area (Å²) in [6, 6.07) is 10.1. The number of ether oxygens (including phenoxy) is 1. The number of methoxy groups -OCH3 is 1. The third-order valence-corrected chi connectivity index (χ3v) is 4.29. The highest BCUT2D eigenvalue weighted by Gasteiger charge is 2.23. The number of hydrogen-bond donors (Lipinski definition) is 1. The summed E-state index contributed by atoms with van der Waals surface area (Å²) in [7, 11) is 3.12. The van der Waals surface area contributed by atoms with Crippen molar-refractivity contribution in [3.8, 4) is 5.75 Å². The molecule has 2 aromatic rings. The number of aliphatic carboxylic acids is 1. The lowest BCUT2D eigenvalue weighted by atomic mass is 10.0.